The zero-order chi connectivity index (χ0) is 13.4. The molecule has 0 amide bonds. The van der Waals surface area contributed by atoms with Gasteiger partial charge < -0.3 is 15.9 Å². The highest BCUT2D eigenvalue weighted by Gasteiger charge is 2.31. The van der Waals surface area contributed by atoms with E-state index in [0.29, 0.717) is 10.0 Å². The Labute approximate surface area is 130 Å². The number of aromatic hydroxyl groups is 1. The fourth-order valence-electron chi connectivity index (χ4n) is 1.55. The number of hydrogen-bond acceptors (Lipinski definition) is 3. The molecule has 0 bridgehead atoms. The summed E-state index contributed by atoms with van der Waals surface area (Å²) in [6.45, 7) is 5.71. The minimum atomic E-state index is -0.741. The molecule has 1 aromatic rings. The van der Waals surface area contributed by atoms with Crippen LogP contribution in [0.15, 0.2) is 21.1 Å². The Morgan fingerprint density at radius 3 is 2.17 bits per heavy atom. The first-order chi connectivity index (χ1) is 7.64. The van der Waals surface area contributed by atoms with Crippen LogP contribution in [0, 0.1) is 5.41 Å². The minimum Gasteiger partial charge on any atom is -0.506 e. The van der Waals surface area contributed by atoms with E-state index >= 15 is 0 Å². The molecule has 1 rings (SSSR count). The Hall–Kier alpha value is 0.190. The monoisotopic (exact) mass is 401 g/mol. The van der Waals surface area contributed by atoms with Gasteiger partial charge >= 0.3 is 0 Å². The van der Waals surface area contributed by atoms with Crippen molar-refractivity contribution >= 4 is 44.3 Å². The summed E-state index contributed by atoms with van der Waals surface area (Å²) in [5, 5.41) is 20.1. The first kappa shape index (κ1) is 18.2. The van der Waals surface area contributed by atoms with E-state index in [2.05, 4.69) is 31.9 Å². The van der Waals surface area contributed by atoms with Crippen molar-refractivity contribution in [2.75, 3.05) is 0 Å². The molecule has 0 unspecified atom stereocenters. The van der Waals surface area contributed by atoms with Crippen molar-refractivity contribution in [3.05, 3.63) is 26.6 Å². The molecule has 0 aliphatic heterocycles. The molecule has 6 heteroatoms. The Bertz CT molecular complexity index is 421. The first-order valence-corrected chi connectivity index (χ1v) is 6.84. The van der Waals surface area contributed by atoms with Gasteiger partial charge in [-0.25, -0.2) is 0 Å². The van der Waals surface area contributed by atoms with E-state index < -0.39 is 12.1 Å². The van der Waals surface area contributed by atoms with Crippen molar-refractivity contribution in [1.82, 2.24) is 0 Å². The molecule has 1 aromatic carbocycles. The molecule has 0 spiro atoms. The number of rotatable bonds is 2. The highest BCUT2D eigenvalue weighted by molar-refractivity contribution is 9.11. The molecule has 18 heavy (non-hydrogen) atoms. The van der Waals surface area contributed by atoms with E-state index in [-0.39, 0.29) is 23.6 Å². The van der Waals surface area contributed by atoms with Crippen LogP contribution in [0.5, 0.6) is 5.75 Å². The Morgan fingerprint density at radius 2 is 1.72 bits per heavy atom. The quantitative estimate of drug-likeness (QED) is 0.705. The van der Waals surface area contributed by atoms with Gasteiger partial charge in [0.2, 0.25) is 0 Å². The van der Waals surface area contributed by atoms with Gasteiger partial charge in [-0.1, -0.05) is 36.7 Å². The van der Waals surface area contributed by atoms with Crippen molar-refractivity contribution in [3.63, 3.8) is 0 Å². The van der Waals surface area contributed by atoms with Gasteiger partial charge in [-0.2, -0.15) is 0 Å². The van der Waals surface area contributed by atoms with Gasteiger partial charge in [-0.05, 0) is 33.5 Å². The molecule has 2 atom stereocenters. The second kappa shape index (κ2) is 6.57. The summed E-state index contributed by atoms with van der Waals surface area (Å²) in [5.41, 5.74) is 6.19. The Morgan fingerprint density at radius 1 is 1.22 bits per heavy atom. The lowest BCUT2D eigenvalue weighted by Crippen LogP contribution is -2.37. The van der Waals surface area contributed by atoms with Crippen molar-refractivity contribution in [2.45, 2.75) is 32.9 Å². The molecule has 4 N–H and O–H groups in total. The molecule has 0 fully saturated rings. The number of aliphatic hydroxyl groups excluding tert-OH is 1. The van der Waals surface area contributed by atoms with Gasteiger partial charge in [-0.3, -0.25) is 0 Å². The Kier molecular flexibility index (Phi) is 6.64. The van der Waals surface area contributed by atoms with Crippen LogP contribution < -0.4 is 5.73 Å². The lowest BCUT2D eigenvalue weighted by molar-refractivity contribution is 0.0394. The van der Waals surface area contributed by atoms with Crippen molar-refractivity contribution < 1.29 is 10.2 Å². The smallest absolute Gasteiger partial charge is 0.134 e. The summed E-state index contributed by atoms with van der Waals surface area (Å²) in [5.74, 6) is 0.0731. The lowest BCUT2D eigenvalue weighted by atomic mass is 9.82. The van der Waals surface area contributed by atoms with E-state index in [4.69, 9.17) is 5.73 Å². The Balaban J connectivity index is 0.00000289. The van der Waals surface area contributed by atoms with E-state index in [1.165, 1.54) is 0 Å². The zero-order valence-corrected chi connectivity index (χ0v) is 14.4. The summed E-state index contributed by atoms with van der Waals surface area (Å²) in [4.78, 5) is 0. The maximum absolute atomic E-state index is 10.1. The molecule has 3 nitrogen and oxygen atoms in total. The van der Waals surface area contributed by atoms with Gasteiger partial charge in [0, 0.05) is 10.0 Å². The molecular weight excluding hydrogens is 385 g/mol. The standard InChI is InChI=1S/C12H17Br2NO2.ClH/c1-12(2,3)11(17)9(15)7-4-6(13)5-8(14)10(7)16;/h4-5,9,11,16-17H,15H2,1-3H3;1H/t9-,11-;/m0./s1. The third kappa shape index (κ3) is 4.10. The number of halogens is 3. The fourth-order valence-corrected chi connectivity index (χ4v) is 2.81. The largest absolute Gasteiger partial charge is 0.506 e. The topological polar surface area (TPSA) is 66.5 Å². The number of benzene rings is 1. The second-order valence-corrected chi connectivity index (χ2v) is 6.93. The average Bonchev–Trinajstić information content (AvgIpc) is 2.20. The van der Waals surface area contributed by atoms with E-state index in [0.717, 1.165) is 4.47 Å². The van der Waals surface area contributed by atoms with Crippen LogP contribution in [-0.4, -0.2) is 16.3 Å². The van der Waals surface area contributed by atoms with Crippen LogP contribution in [0.4, 0.5) is 0 Å². The van der Waals surface area contributed by atoms with Crippen LogP contribution in [0.3, 0.4) is 0 Å². The predicted molar refractivity (Wildman–Crippen MR) is 83.1 cm³/mol. The van der Waals surface area contributed by atoms with E-state index in [9.17, 15) is 10.2 Å². The van der Waals surface area contributed by atoms with Crippen LogP contribution in [0.25, 0.3) is 0 Å². The van der Waals surface area contributed by atoms with Crippen molar-refractivity contribution in [1.29, 1.82) is 0 Å². The van der Waals surface area contributed by atoms with Crippen LogP contribution in [0.2, 0.25) is 0 Å². The normalized spacial score (nSPS) is 14.8. The van der Waals surface area contributed by atoms with Crippen molar-refractivity contribution in [2.24, 2.45) is 11.1 Å². The number of phenols is 1. The fraction of sp³-hybridized carbons (Fsp3) is 0.500. The first-order valence-electron chi connectivity index (χ1n) is 5.26. The third-order valence-corrected chi connectivity index (χ3v) is 3.71. The lowest BCUT2D eigenvalue weighted by Gasteiger charge is -2.31. The summed E-state index contributed by atoms with van der Waals surface area (Å²) in [7, 11) is 0. The molecule has 0 radical (unpaired) electrons. The van der Waals surface area contributed by atoms with Gasteiger partial charge in [0.25, 0.3) is 0 Å². The van der Waals surface area contributed by atoms with Gasteiger partial charge in [0.15, 0.2) is 0 Å². The molecule has 0 aliphatic carbocycles. The van der Waals surface area contributed by atoms with E-state index in [1.54, 1.807) is 12.1 Å². The number of phenolic OH excluding ortho intramolecular Hbond substituents is 1. The predicted octanol–water partition coefficient (Wildman–Crippen LogP) is 3.75. The van der Waals surface area contributed by atoms with Crippen molar-refractivity contribution in [3.8, 4) is 5.75 Å². The molecule has 0 saturated carbocycles. The second-order valence-electron chi connectivity index (χ2n) is 5.16. The molecule has 0 heterocycles. The maximum Gasteiger partial charge on any atom is 0.134 e. The molecule has 0 aliphatic rings. The summed E-state index contributed by atoms with van der Waals surface area (Å²) in [6.07, 6.45) is -0.741. The molecule has 0 aromatic heterocycles. The van der Waals surface area contributed by atoms with Crippen LogP contribution in [0.1, 0.15) is 32.4 Å². The van der Waals surface area contributed by atoms with Gasteiger partial charge in [0.1, 0.15) is 5.75 Å². The third-order valence-electron chi connectivity index (χ3n) is 2.64. The summed E-state index contributed by atoms with van der Waals surface area (Å²) < 4.78 is 1.35. The van der Waals surface area contributed by atoms with E-state index in [1.807, 2.05) is 20.8 Å². The highest BCUT2D eigenvalue weighted by atomic mass is 79.9. The summed E-state index contributed by atoms with van der Waals surface area (Å²) in [6, 6.07) is 2.82. The van der Waals surface area contributed by atoms with Crippen LogP contribution in [-0.2, 0) is 0 Å². The SMILES string of the molecule is CC(C)(C)[C@@H](O)[C@@H](N)c1cc(Br)cc(Br)c1O.Cl. The molecule has 104 valence electrons. The maximum atomic E-state index is 10.1. The average molecular weight is 404 g/mol. The zero-order valence-electron chi connectivity index (χ0n) is 10.4. The molecule has 0 saturated heterocycles. The highest BCUT2D eigenvalue weighted by Crippen LogP contribution is 2.38. The number of nitrogens with two attached hydrogens (primary N) is 1. The number of hydrogen-bond donors (Lipinski definition) is 3. The van der Waals surface area contributed by atoms with Gasteiger partial charge in [-0.15, -0.1) is 12.4 Å². The molecular formula is C12H18Br2ClNO2. The van der Waals surface area contributed by atoms with Gasteiger partial charge in [0.05, 0.1) is 16.6 Å². The minimum absolute atomic E-state index is 0. The van der Waals surface area contributed by atoms with Crippen LogP contribution >= 0.6 is 44.3 Å². The summed E-state index contributed by atoms with van der Waals surface area (Å²) >= 11 is 6.58. The number of aliphatic hydroxyl groups is 1.